The molecule has 31 heavy (non-hydrogen) atoms. The van der Waals surface area contributed by atoms with Crippen molar-refractivity contribution in [2.24, 2.45) is 0 Å². The number of thioether (sulfide) groups is 1. The molecular formula is C21H25ClFN5OS2. The van der Waals surface area contributed by atoms with Gasteiger partial charge in [-0.25, -0.2) is 4.39 Å². The summed E-state index contributed by atoms with van der Waals surface area (Å²) < 4.78 is 16.1. The minimum Gasteiger partial charge on any atom is -0.337 e. The van der Waals surface area contributed by atoms with Crippen LogP contribution in [0.5, 0.6) is 0 Å². The SMILES string of the molecule is CCN(Cc1ccc(Cl)s1)C(=O)CSc1nnc([C@@H](C)N(C)C)n1-c1ccc(F)cc1. The third kappa shape index (κ3) is 5.85. The summed E-state index contributed by atoms with van der Waals surface area (Å²) >= 11 is 8.81. The quantitative estimate of drug-likeness (QED) is 0.407. The summed E-state index contributed by atoms with van der Waals surface area (Å²) in [5, 5.41) is 9.30. The molecule has 0 aliphatic carbocycles. The van der Waals surface area contributed by atoms with E-state index in [1.54, 1.807) is 17.0 Å². The number of amides is 1. The number of nitrogens with zero attached hydrogens (tertiary/aromatic N) is 5. The molecule has 0 spiro atoms. The first kappa shape index (κ1) is 23.7. The molecule has 0 saturated carbocycles. The van der Waals surface area contributed by atoms with Crippen molar-refractivity contribution in [3.8, 4) is 5.69 Å². The molecule has 0 fully saturated rings. The zero-order valence-electron chi connectivity index (χ0n) is 17.9. The Bertz CT molecular complexity index is 1020. The van der Waals surface area contributed by atoms with Crippen molar-refractivity contribution >= 4 is 40.6 Å². The Morgan fingerprint density at radius 3 is 2.52 bits per heavy atom. The van der Waals surface area contributed by atoms with Crippen molar-refractivity contribution in [2.45, 2.75) is 31.6 Å². The fraction of sp³-hybridized carbons (Fsp3) is 0.381. The van der Waals surface area contributed by atoms with Crippen LogP contribution in [0.3, 0.4) is 0 Å². The molecule has 0 radical (unpaired) electrons. The zero-order chi connectivity index (χ0) is 22.5. The van der Waals surface area contributed by atoms with Crippen LogP contribution in [0.25, 0.3) is 5.69 Å². The lowest BCUT2D eigenvalue weighted by molar-refractivity contribution is -0.128. The molecule has 0 aliphatic rings. The second-order valence-electron chi connectivity index (χ2n) is 7.19. The van der Waals surface area contributed by atoms with Gasteiger partial charge in [-0.1, -0.05) is 23.4 Å². The molecule has 0 aliphatic heterocycles. The van der Waals surface area contributed by atoms with E-state index in [4.69, 9.17) is 11.6 Å². The fourth-order valence-corrected chi connectivity index (χ4v) is 4.89. The van der Waals surface area contributed by atoms with Gasteiger partial charge < -0.3 is 4.90 Å². The molecule has 0 saturated heterocycles. The molecule has 166 valence electrons. The predicted octanol–water partition coefficient (Wildman–Crippen LogP) is 4.88. The van der Waals surface area contributed by atoms with Crippen molar-refractivity contribution in [3.63, 3.8) is 0 Å². The lowest BCUT2D eigenvalue weighted by Crippen LogP contribution is -2.31. The van der Waals surface area contributed by atoms with Crippen LogP contribution in [0.15, 0.2) is 41.6 Å². The number of halogens is 2. The highest BCUT2D eigenvalue weighted by molar-refractivity contribution is 7.99. The average Bonchev–Trinajstić information content (AvgIpc) is 3.36. The van der Waals surface area contributed by atoms with Gasteiger partial charge in [0.25, 0.3) is 0 Å². The molecule has 1 aromatic carbocycles. The van der Waals surface area contributed by atoms with Gasteiger partial charge in [-0.05, 0) is 64.3 Å². The van der Waals surface area contributed by atoms with E-state index in [2.05, 4.69) is 10.2 Å². The van der Waals surface area contributed by atoms with E-state index in [9.17, 15) is 9.18 Å². The smallest absolute Gasteiger partial charge is 0.233 e. The summed E-state index contributed by atoms with van der Waals surface area (Å²) in [5.41, 5.74) is 0.755. The molecule has 10 heteroatoms. The van der Waals surface area contributed by atoms with Gasteiger partial charge in [-0.2, -0.15) is 0 Å². The largest absolute Gasteiger partial charge is 0.337 e. The Morgan fingerprint density at radius 1 is 1.23 bits per heavy atom. The maximum absolute atomic E-state index is 13.5. The number of aromatic nitrogens is 3. The second-order valence-corrected chi connectivity index (χ2v) is 9.94. The van der Waals surface area contributed by atoms with Crippen molar-refractivity contribution in [1.82, 2.24) is 24.6 Å². The summed E-state index contributed by atoms with van der Waals surface area (Å²) in [6.07, 6.45) is 0. The third-order valence-corrected chi connectivity index (χ3v) is 7.06. The summed E-state index contributed by atoms with van der Waals surface area (Å²) in [5.74, 6) is 0.651. The van der Waals surface area contributed by atoms with E-state index in [1.807, 2.05) is 49.5 Å². The van der Waals surface area contributed by atoms with Crippen molar-refractivity contribution in [1.29, 1.82) is 0 Å². The first-order chi connectivity index (χ1) is 14.8. The Kier molecular flexibility index (Phi) is 8.10. The van der Waals surface area contributed by atoms with E-state index in [0.717, 1.165) is 16.4 Å². The third-order valence-electron chi connectivity index (χ3n) is 4.93. The maximum atomic E-state index is 13.5. The van der Waals surface area contributed by atoms with Gasteiger partial charge in [0.2, 0.25) is 5.91 Å². The van der Waals surface area contributed by atoms with Crippen LogP contribution in [0, 0.1) is 5.82 Å². The van der Waals surface area contributed by atoms with Gasteiger partial charge in [0, 0.05) is 17.1 Å². The van der Waals surface area contributed by atoms with E-state index in [0.29, 0.717) is 22.6 Å². The zero-order valence-corrected chi connectivity index (χ0v) is 20.3. The number of carbonyl (C=O) groups is 1. The van der Waals surface area contributed by atoms with Crippen LogP contribution in [-0.4, -0.2) is 56.9 Å². The van der Waals surface area contributed by atoms with Crippen LogP contribution >= 0.6 is 34.7 Å². The molecule has 3 rings (SSSR count). The van der Waals surface area contributed by atoms with Crippen molar-refractivity contribution in [3.05, 3.63) is 57.3 Å². The van der Waals surface area contributed by atoms with Gasteiger partial charge in [0.05, 0.1) is 22.7 Å². The number of hydrogen-bond acceptors (Lipinski definition) is 6. The summed E-state index contributed by atoms with van der Waals surface area (Å²) in [6, 6.07) is 9.96. The van der Waals surface area contributed by atoms with Gasteiger partial charge in [-0.15, -0.1) is 21.5 Å². The average molecular weight is 482 g/mol. The highest BCUT2D eigenvalue weighted by atomic mass is 35.5. The van der Waals surface area contributed by atoms with Crippen LogP contribution in [0.4, 0.5) is 4.39 Å². The number of carbonyl (C=O) groups excluding carboxylic acids is 1. The Labute approximate surface area is 195 Å². The number of benzene rings is 1. The lowest BCUT2D eigenvalue weighted by Gasteiger charge is -2.21. The van der Waals surface area contributed by atoms with Gasteiger partial charge in [0.1, 0.15) is 5.82 Å². The fourth-order valence-electron chi connectivity index (χ4n) is 2.93. The van der Waals surface area contributed by atoms with Gasteiger partial charge >= 0.3 is 0 Å². The molecule has 0 bridgehead atoms. The van der Waals surface area contributed by atoms with Gasteiger partial charge in [-0.3, -0.25) is 14.3 Å². The highest BCUT2D eigenvalue weighted by Gasteiger charge is 2.22. The van der Waals surface area contributed by atoms with Crippen molar-refractivity contribution < 1.29 is 9.18 Å². The normalized spacial score (nSPS) is 12.4. The summed E-state index contributed by atoms with van der Waals surface area (Å²) in [4.78, 5) is 17.7. The lowest BCUT2D eigenvalue weighted by atomic mass is 10.2. The molecule has 0 unspecified atom stereocenters. The van der Waals surface area contributed by atoms with Crippen molar-refractivity contribution in [2.75, 3.05) is 26.4 Å². The minimum atomic E-state index is -0.310. The van der Waals surface area contributed by atoms with E-state index >= 15 is 0 Å². The first-order valence-corrected chi connectivity index (χ1v) is 12.0. The predicted molar refractivity (Wildman–Crippen MR) is 125 cm³/mol. The maximum Gasteiger partial charge on any atom is 0.233 e. The van der Waals surface area contributed by atoms with Crippen LogP contribution < -0.4 is 0 Å². The Morgan fingerprint density at radius 2 is 1.94 bits per heavy atom. The molecule has 3 aromatic rings. The monoisotopic (exact) mass is 481 g/mol. The van der Waals surface area contributed by atoms with E-state index in [-0.39, 0.29) is 23.5 Å². The molecule has 1 amide bonds. The molecule has 1 atom stereocenters. The Hall–Kier alpha value is -1.94. The topological polar surface area (TPSA) is 54.3 Å². The molecule has 6 nitrogen and oxygen atoms in total. The van der Waals surface area contributed by atoms with Crippen LogP contribution in [0.2, 0.25) is 4.34 Å². The molecule has 0 N–H and O–H groups in total. The van der Waals surface area contributed by atoms with Gasteiger partial charge in [0.15, 0.2) is 11.0 Å². The molecule has 2 heterocycles. The first-order valence-electron chi connectivity index (χ1n) is 9.82. The minimum absolute atomic E-state index is 0.00730. The number of hydrogen-bond donors (Lipinski definition) is 0. The summed E-state index contributed by atoms with van der Waals surface area (Å²) in [7, 11) is 3.92. The number of rotatable bonds is 9. The highest BCUT2D eigenvalue weighted by Crippen LogP contribution is 2.28. The number of thiophene rings is 1. The molecule has 2 aromatic heterocycles. The van der Waals surface area contributed by atoms with Crippen LogP contribution in [-0.2, 0) is 11.3 Å². The standard InChI is InChI=1S/C21H25ClFN5OS2/c1-5-27(12-17-10-11-18(22)31-17)19(29)13-30-21-25-24-20(14(2)26(3)4)28(21)16-8-6-15(23)7-9-16/h6-11,14H,5,12-13H2,1-4H3/t14-/m1/s1. The molecular weight excluding hydrogens is 457 g/mol. The van der Waals surface area contributed by atoms with Crippen LogP contribution in [0.1, 0.15) is 30.6 Å². The Balaban J connectivity index is 1.80. The second kappa shape index (κ2) is 10.6. The summed E-state index contributed by atoms with van der Waals surface area (Å²) in [6.45, 7) is 5.10. The van der Waals surface area contributed by atoms with E-state index < -0.39 is 0 Å². The van der Waals surface area contributed by atoms with E-state index in [1.165, 1.54) is 35.2 Å².